The summed E-state index contributed by atoms with van der Waals surface area (Å²) in [5.74, 6) is -1.66. The molecule has 0 aliphatic rings. The van der Waals surface area contributed by atoms with Gasteiger partial charge in [-0.3, -0.25) is 9.59 Å². The molecular formula is C15H11BrClFN2O2. The van der Waals surface area contributed by atoms with E-state index < -0.39 is 11.7 Å². The molecule has 0 atom stereocenters. The first-order valence-electron chi connectivity index (χ1n) is 6.20. The van der Waals surface area contributed by atoms with Crippen LogP contribution in [0.1, 0.15) is 17.3 Å². The van der Waals surface area contributed by atoms with Crippen molar-refractivity contribution in [2.45, 2.75) is 6.92 Å². The standard InChI is InChI=1S/C15H11BrClFN2O2/c1-8(21)19-10-3-4-13(18)11(7-10)15(22)20-14-5-2-9(16)6-12(14)17/h2-7H,1H3,(H,19,21)(H,20,22). The van der Waals surface area contributed by atoms with Crippen LogP contribution in [0.25, 0.3) is 0 Å². The summed E-state index contributed by atoms with van der Waals surface area (Å²) < 4.78 is 14.6. The number of amides is 2. The number of hydrogen-bond acceptors (Lipinski definition) is 2. The van der Waals surface area contributed by atoms with Crippen LogP contribution in [0.3, 0.4) is 0 Å². The van der Waals surface area contributed by atoms with E-state index >= 15 is 0 Å². The molecule has 0 aliphatic heterocycles. The largest absolute Gasteiger partial charge is 0.326 e. The molecule has 0 radical (unpaired) electrons. The molecule has 0 aromatic heterocycles. The fraction of sp³-hybridized carbons (Fsp3) is 0.0667. The summed E-state index contributed by atoms with van der Waals surface area (Å²) in [6.45, 7) is 1.32. The van der Waals surface area contributed by atoms with Crippen LogP contribution in [0.15, 0.2) is 40.9 Å². The van der Waals surface area contributed by atoms with Crippen LogP contribution in [0, 0.1) is 5.82 Å². The Labute approximate surface area is 139 Å². The molecule has 0 fully saturated rings. The molecule has 7 heteroatoms. The predicted molar refractivity (Wildman–Crippen MR) is 87.8 cm³/mol. The molecular weight excluding hydrogens is 375 g/mol. The van der Waals surface area contributed by atoms with E-state index in [9.17, 15) is 14.0 Å². The zero-order valence-electron chi connectivity index (χ0n) is 11.4. The molecule has 114 valence electrons. The average Bonchev–Trinajstić information content (AvgIpc) is 2.43. The summed E-state index contributed by atoms with van der Waals surface area (Å²) in [6, 6.07) is 8.66. The molecule has 0 unspecified atom stereocenters. The van der Waals surface area contributed by atoms with Crippen molar-refractivity contribution in [2.24, 2.45) is 0 Å². The number of carbonyl (C=O) groups is 2. The topological polar surface area (TPSA) is 58.2 Å². The van der Waals surface area contributed by atoms with E-state index in [2.05, 4.69) is 26.6 Å². The summed E-state index contributed by atoms with van der Waals surface area (Å²) >= 11 is 9.26. The van der Waals surface area contributed by atoms with Crippen LogP contribution in [0.2, 0.25) is 5.02 Å². The highest BCUT2D eigenvalue weighted by molar-refractivity contribution is 9.10. The first-order valence-corrected chi connectivity index (χ1v) is 7.37. The lowest BCUT2D eigenvalue weighted by atomic mass is 10.1. The number of hydrogen-bond donors (Lipinski definition) is 2. The Balaban J connectivity index is 2.26. The van der Waals surface area contributed by atoms with Crippen LogP contribution in [-0.2, 0) is 4.79 Å². The van der Waals surface area contributed by atoms with Crippen molar-refractivity contribution in [3.05, 3.63) is 57.3 Å². The highest BCUT2D eigenvalue weighted by Crippen LogP contribution is 2.26. The van der Waals surface area contributed by atoms with Crippen molar-refractivity contribution in [1.82, 2.24) is 0 Å². The lowest BCUT2D eigenvalue weighted by Crippen LogP contribution is -2.15. The van der Waals surface area contributed by atoms with E-state index in [1.807, 2.05) is 0 Å². The third kappa shape index (κ3) is 4.05. The van der Waals surface area contributed by atoms with Crippen LogP contribution in [0.5, 0.6) is 0 Å². The van der Waals surface area contributed by atoms with Crippen molar-refractivity contribution in [2.75, 3.05) is 10.6 Å². The van der Waals surface area contributed by atoms with Gasteiger partial charge in [-0.25, -0.2) is 4.39 Å². The monoisotopic (exact) mass is 384 g/mol. The summed E-state index contributed by atoms with van der Waals surface area (Å²) in [5, 5.41) is 5.34. The molecule has 4 nitrogen and oxygen atoms in total. The SMILES string of the molecule is CC(=O)Nc1ccc(F)c(C(=O)Nc2ccc(Br)cc2Cl)c1. The predicted octanol–water partition coefficient (Wildman–Crippen LogP) is 4.45. The number of halogens is 3. The summed E-state index contributed by atoms with van der Waals surface area (Å²) in [6.07, 6.45) is 0. The Hall–Kier alpha value is -1.92. The lowest BCUT2D eigenvalue weighted by Gasteiger charge is -2.10. The van der Waals surface area contributed by atoms with E-state index in [-0.39, 0.29) is 11.5 Å². The maximum absolute atomic E-state index is 13.8. The van der Waals surface area contributed by atoms with Gasteiger partial charge in [0.1, 0.15) is 5.82 Å². The first kappa shape index (κ1) is 16.5. The molecule has 0 bridgehead atoms. The van der Waals surface area contributed by atoms with Crippen LogP contribution < -0.4 is 10.6 Å². The molecule has 2 N–H and O–H groups in total. The Morgan fingerprint density at radius 3 is 2.50 bits per heavy atom. The molecule has 0 heterocycles. The fourth-order valence-electron chi connectivity index (χ4n) is 1.76. The molecule has 2 rings (SSSR count). The molecule has 0 aliphatic carbocycles. The maximum Gasteiger partial charge on any atom is 0.258 e. The Kier molecular flexibility index (Phi) is 5.15. The minimum atomic E-state index is -0.695. The van der Waals surface area contributed by atoms with Crippen LogP contribution in [0.4, 0.5) is 15.8 Å². The van der Waals surface area contributed by atoms with E-state index in [4.69, 9.17) is 11.6 Å². The van der Waals surface area contributed by atoms with E-state index in [1.165, 1.54) is 19.1 Å². The minimum absolute atomic E-state index is 0.190. The van der Waals surface area contributed by atoms with Gasteiger partial charge in [-0.1, -0.05) is 27.5 Å². The molecule has 0 spiro atoms. The van der Waals surface area contributed by atoms with Crippen molar-refractivity contribution >= 4 is 50.7 Å². The molecule has 2 aromatic carbocycles. The minimum Gasteiger partial charge on any atom is -0.326 e. The fourth-order valence-corrected chi connectivity index (χ4v) is 2.48. The van der Waals surface area contributed by atoms with E-state index in [0.29, 0.717) is 16.4 Å². The van der Waals surface area contributed by atoms with Crippen LogP contribution >= 0.6 is 27.5 Å². The van der Waals surface area contributed by atoms with Gasteiger partial charge >= 0.3 is 0 Å². The van der Waals surface area contributed by atoms with Gasteiger partial charge in [0.15, 0.2) is 0 Å². The number of rotatable bonds is 3. The zero-order chi connectivity index (χ0) is 16.3. The first-order chi connectivity index (χ1) is 10.4. The van der Waals surface area contributed by atoms with Gasteiger partial charge < -0.3 is 10.6 Å². The quantitative estimate of drug-likeness (QED) is 0.820. The van der Waals surface area contributed by atoms with Crippen LogP contribution in [-0.4, -0.2) is 11.8 Å². The van der Waals surface area contributed by atoms with Gasteiger partial charge in [0, 0.05) is 17.1 Å². The van der Waals surface area contributed by atoms with Gasteiger partial charge in [0.2, 0.25) is 5.91 Å². The normalized spacial score (nSPS) is 10.2. The highest BCUT2D eigenvalue weighted by Gasteiger charge is 2.14. The van der Waals surface area contributed by atoms with E-state index in [0.717, 1.165) is 10.5 Å². The number of benzene rings is 2. The Morgan fingerprint density at radius 2 is 1.86 bits per heavy atom. The van der Waals surface area contributed by atoms with Gasteiger partial charge in [0.25, 0.3) is 5.91 Å². The summed E-state index contributed by atoms with van der Waals surface area (Å²) in [4.78, 5) is 23.2. The number of anilines is 2. The number of nitrogens with one attached hydrogen (secondary N) is 2. The van der Waals surface area contributed by atoms with Gasteiger partial charge in [-0.05, 0) is 36.4 Å². The molecule has 0 saturated carbocycles. The van der Waals surface area contributed by atoms with Crippen molar-refractivity contribution in [3.8, 4) is 0 Å². The molecule has 0 saturated heterocycles. The zero-order valence-corrected chi connectivity index (χ0v) is 13.8. The second-order valence-corrected chi connectivity index (χ2v) is 5.78. The highest BCUT2D eigenvalue weighted by atomic mass is 79.9. The maximum atomic E-state index is 13.8. The van der Waals surface area contributed by atoms with E-state index in [1.54, 1.807) is 18.2 Å². The second-order valence-electron chi connectivity index (χ2n) is 4.45. The average molecular weight is 386 g/mol. The third-order valence-electron chi connectivity index (χ3n) is 2.71. The molecule has 2 amide bonds. The van der Waals surface area contributed by atoms with Crippen molar-refractivity contribution in [1.29, 1.82) is 0 Å². The lowest BCUT2D eigenvalue weighted by molar-refractivity contribution is -0.114. The molecule has 22 heavy (non-hydrogen) atoms. The van der Waals surface area contributed by atoms with Gasteiger partial charge in [-0.15, -0.1) is 0 Å². The summed E-state index contributed by atoms with van der Waals surface area (Å²) in [5.41, 5.74) is 0.505. The second kappa shape index (κ2) is 6.89. The Morgan fingerprint density at radius 1 is 1.14 bits per heavy atom. The van der Waals surface area contributed by atoms with Gasteiger partial charge in [0.05, 0.1) is 16.3 Å². The molecule has 2 aromatic rings. The third-order valence-corrected chi connectivity index (χ3v) is 3.52. The van der Waals surface area contributed by atoms with Gasteiger partial charge in [-0.2, -0.15) is 0 Å². The Bertz CT molecular complexity index is 752. The van der Waals surface area contributed by atoms with Crippen molar-refractivity contribution in [3.63, 3.8) is 0 Å². The smallest absolute Gasteiger partial charge is 0.258 e. The summed E-state index contributed by atoms with van der Waals surface area (Å²) in [7, 11) is 0. The van der Waals surface area contributed by atoms with Crippen molar-refractivity contribution < 1.29 is 14.0 Å². The number of carbonyl (C=O) groups excluding carboxylic acids is 2.